The van der Waals surface area contributed by atoms with E-state index in [-0.39, 0.29) is 0 Å². The average Bonchev–Trinajstić information content (AvgIpc) is 2.47. The summed E-state index contributed by atoms with van der Waals surface area (Å²) < 4.78 is 1.86. The largest absolute Gasteiger partial charge is 0.225 e. The van der Waals surface area contributed by atoms with Gasteiger partial charge in [0.15, 0.2) is 5.82 Å². The van der Waals surface area contributed by atoms with Crippen LogP contribution in [0.5, 0.6) is 0 Å². The third kappa shape index (κ3) is 1.55. The molecule has 0 spiro atoms. The van der Waals surface area contributed by atoms with Crippen molar-refractivity contribution in [3.05, 3.63) is 5.82 Å². The van der Waals surface area contributed by atoms with Crippen LogP contribution in [0.1, 0.15) is 38.1 Å². The second-order valence-electron chi connectivity index (χ2n) is 3.60. The second kappa shape index (κ2) is 3.62. The molecule has 4 nitrogen and oxygen atoms in total. The van der Waals surface area contributed by atoms with Gasteiger partial charge in [0, 0.05) is 0 Å². The molecule has 0 aromatic carbocycles. The van der Waals surface area contributed by atoms with Crippen molar-refractivity contribution >= 4 is 11.6 Å². The summed E-state index contributed by atoms with van der Waals surface area (Å²) in [6, 6.07) is 0.400. The van der Waals surface area contributed by atoms with Crippen LogP contribution in [-0.2, 0) is 5.88 Å². The van der Waals surface area contributed by atoms with E-state index in [4.69, 9.17) is 11.6 Å². The van der Waals surface area contributed by atoms with Gasteiger partial charge in [-0.15, -0.1) is 16.7 Å². The zero-order valence-corrected chi connectivity index (χ0v) is 8.41. The lowest BCUT2D eigenvalue weighted by Crippen LogP contribution is -2.24. The molecule has 0 saturated heterocycles. The Labute approximate surface area is 82.3 Å². The van der Waals surface area contributed by atoms with Gasteiger partial charge >= 0.3 is 0 Å². The fourth-order valence-corrected chi connectivity index (χ4v) is 1.91. The summed E-state index contributed by atoms with van der Waals surface area (Å²) in [5.74, 6) is 1.91. The van der Waals surface area contributed by atoms with Gasteiger partial charge in [0.1, 0.15) is 0 Å². The molecule has 1 unspecified atom stereocenters. The summed E-state index contributed by atoms with van der Waals surface area (Å²) in [6.45, 7) is 2.16. The van der Waals surface area contributed by atoms with Gasteiger partial charge < -0.3 is 0 Å². The van der Waals surface area contributed by atoms with Gasteiger partial charge in [0.25, 0.3) is 0 Å². The third-order valence-electron chi connectivity index (χ3n) is 2.90. The highest BCUT2D eigenvalue weighted by atomic mass is 35.5. The van der Waals surface area contributed by atoms with Crippen LogP contribution in [0.25, 0.3) is 0 Å². The molecule has 1 aliphatic carbocycles. The van der Waals surface area contributed by atoms with E-state index >= 15 is 0 Å². The van der Waals surface area contributed by atoms with E-state index in [1.54, 1.807) is 0 Å². The van der Waals surface area contributed by atoms with Gasteiger partial charge in [0.2, 0.25) is 0 Å². The van der Waals surface area contributed by atoms with Crippen LogP contribution in [0.4, 0.5) is 0 Å². The molecule has 1 heterocycles. The zero-order valence-electron chi connectivity index (χ0n) is 7.65. The molecule has 2 rings (SSSR count). The van der Waals surface area contributed by atoms with Gasteiger partial charge in [-0.2, -0.15) is 0 Å². The summed E-state index contributed by atoms with van der Waals surface area (Å²) in [4.78, 5) is 0. The quantitative estimate of drug-likeness (QED) is 0.699. The van der Waals surface area contributed by atoms with Gasteiger partial charge in [-0.1, -0.05) is 6.42 Å². The van der Waals surface area contributed by atoms with Crippen molar-refractivity contribution in [2.24, 2.45) is 5.92 Å². The van der Waals surface area contributed by atoms with Crippen LogP contribution in [0.2, 0.25) is 0 Å². The first-order valence-corrected chi connectivity index (χ1v) is 5.19. The molecule has 1 aliphatic rings. The summed E-state index contributed by atoms with van der Waals surface area (Å²) in [5.41, 5.74) is 0. The smallest absolute Gasteiger partial charge is 0.166 e. The molecule has 1 aromatic rings. The van der Waals surface area contributed by atoms with E-state index < -0.39 is 0 Å². The van der Waals surface area contributed by atoms with E-state index in [1.807, 2.05) is 4.68 Å². The van der Waals surface area contributed by atoms with Crippen molar-refractivity contribution in [1.29, 1.82) is 0 Å². The minimum atomic E-state index is 0.393. The van der Waals surface area contributed by atoms with Crippen LogP contribution >= 0.6 is 11.6 Å². The molecule has 0 amide bonds. The maximum atomic E-state index is 5.72. The Balaban J connectivity index is 2.13. The van der Waals surface area contributed by atoms with E-state index in [1.165, 1.54) is 19.3 Å². The highest BCUT2D eigenvalue weighted by Gasteiger charge is 2.27. The van der Waals surface area contributed by atoms with E-state index in [0.29, 0.717) is 11.9 Å². The van der Waals surface area contributed by atoms with Gasteiger partial charge in [-0.25, -0.2) is 4.68 Å². The fraction of sp³-hybridized carbons (Fsp3) is 0.875. The molecule has 0 bridgehead atoms. The molecule has 1 aromatic heterocycles. The standard InChI is InChI=1S/C8H13ClN4/c1-6(7-3-2-4-7)13-8(5-9)10-11-12-13/h6-7H,2-5H2,1H3. The van der Waals surface area contributed by atoms with Crippen molar-refractivity contribution in [2.45, 2.75) is 38.1 Å². The van der Waals surface area contributed by atoms with Crippen molar-refractivity contribution < 1.29 is 0 Å². The number of aromatic nitrogens is 4. The van der Waals surface area contributed by atoms with Gasteiger partial charge in [-0.05, 0) is 36.1 Å². The lowest BCUT2D eigenvalue weighted by atomic mass is 9.80. The number of halogens is 1. The molecule has 5 heteroatoms. The number of hydrogen-bond acceptors (Lipinski definition) is 3. The monoisotopic (exact) mass is 200 g/mol. The second-order valence-corrected chi connectivity index (χ2v) is 3.87. The number of hydrogen-bond donors (Lipinski definition) is 0. The minimum Gasteiger partial charge on any atom is -0.225 e. The summed E-state index contributed by atoms with van der Waals surface area (Å²) in [5, 5.41) is 11.5. The summed E-state index contributed by atoms with van der Waals surface area (Å²) in [7, 11) is 0. The first-order valence-electron chi connectivity index (χ1n) is 4.65. The molecule has 0 aliphatic heterocycles. The molecule has 72 valence electrons. The van der Waals surface area contributed by atoms with E-state index in [2.05, 4.69) is 22.4 Å². The molecule has 0 N–H and O–H groups in total. The summed E-state index contributed by atoms with van der Waals surface area (Å²) >= 11 is 5.72. The number of rotatable bonds is 3. The Morgan fingerprint density at radius 3 is 2.92 bits per heavy atom. The predicted octanol–water partition coefficient (Wildman–Crippen LogP) is 1.77. The van der Waals surface area contributed by atoms with Crippen molar-refractivity contribution in [3.8, 4) is 0 Å². The zero-order chi connectivity index (χ0) is 9.26. The van der Waals surface area contributed by atoms with Crippen LogP contribution in [0.3, 0.4) is 0 Å². The molecule has 1 fully saturated rings. The Kier molecular flexibility index (Phi) is 2.49. The lowest BCUT2D eigenvalue weighted by Gasteiger charge is -2.31. The topological polar surface area (TPSA) is 43.6 Å². The lowest BCUT2D eigenvalue weighted by molar-refractivity contribution is 0.206. The predicted molar refractivity (Wildman–Crippen MR) is 49.4 cm³/mol. The molecular formula is C8H13ClN4. The minimum absolute atomic E-state index is 0.393. The van der Waals surface area contributed by atoms with Crippen LogP contribution in [-0.4, -0.2) is 20.2 Å². The van der Waals surface area contributed by atoms with Crippen LogP contribution in [0.15, 0.2) is 0 Å². The Hall–Kier alpha value is -0.640. The van der Waals surface area contributed by atoms with Crippen molar-refractivity contribution in [2.75, 3.05) is 0 Å². The number of tetrazole rings is 1. The Morgan fingerprint density at radius 1 is 1.62 bits per heavy atom. The third-order valence-corrected chi connectivity index (χ3v) is 3.14. The van der Waals surface area contributed by atoms with Crippen LogP contribution < -0.4 is 0 Å². The Bertz CT molecular complexity index is 281. The number of alkyl halides is 1. The molecule has 1 atom stereocenters. The first-order chi connectivity index (χ1) is 6.33. The normalized spacial score (nSPS) is 19.8. The molecule has 1 saturated carbocycles. The highest BCUT2D eigenvalue weighted by Crippen LogP contribution is 2.35. The van der Waals surface area contributed by atoms with E-state index in [0.717, 1.165) is 11.7 Å². The van der Waals surface area contributed by atoms with Crippen LogP contribution in [0, 0.1) is 5.92 Å². The van der Waals surface area contributed by atoms with Gasteiger partial charge in [0.05, 0.1) is 11.9 Å². The van der Waals surface area contributed by atoms with Crippen molar-refractivity contribution in [3.63, 3.8) is 0 Å². The SMILES string of the molecule is CC(C1CCC1)n1nnnc1CCl. The van der Waals surface area contributed by atoms with Gasteiger partial charge in [-0.3, -0.25) is 0 Å². The molecular weight excluding hydrogens is 188 g/mol. The molecule has 13 heavy (non-hydrogen) atoms. The average molecular weight is 201 g/mol. The first kappa shape index (κ1) is 8.94. The fourth-order valence-electron chi connectivity index (χ4n) is 1.74. The highest BCUT2D eigenvalue weighted by molar-refractivity contribution is 6.16. The number of nitrogens with zero attached hydrogens (tertiary/aromatic N) is 4. The van der Waals surface area contributed by atoms with Crippen molar-refractivity contribution in [1.82, 2.24) is 20.2 Å². The maximum Gasteiger partial charge on any atom is 0.166 e. The van der Waals surface area contributed by atoms with E-state index in [9.17, 15) is 0 Å². The molecule has 0 radical (unpaired) electrons. The summed E-state index contributed by atoms with van der Waals surface area (Å²) in [6.07, 6.45) is 3.93. The maximum absolute atomic E-state index is 5.72. The Morgan fingerprint density at radius 2 is 2.38 bits per heavy atom.